The maximum absolute atomic E-state index is 13.5. The van der Waals surface area contributed by atoms with Crippen molar-refractivity contribution in [1.29, 1.82) is 0 Å². The number of pyridine rings is 1. The average molecular weight is 470 g/mol. The van der Waals surface area contributed by atoms with E-state index in [0.29, 0.717) is 31.1 Å². The van der Waals surface area contributed by atoms with Gasteiger partial charge in [-0.2, -0.15) is 0 Å². The summed E-state index contributed by atoms with van der Waals surface area (Å²) in [7, 11) is 0. The number of aryl methyl sites for hydroxylation is 1. The van der Waals surface area contributed by atoms with Crippen LogP contribution in [0.2, 0.25) is 0 Å². The fourth-order valence-corrected chi connectivity index (χ4v) is 4.89. The van der Waals surface area contributed by atoms with Crippen molar-refractivity contribution in [2.45, 2.75) is 32.4 Å². The number of hydrogen-bond acceptors (Lipinski definition) is 5. The molecule has 1 fully saturated rings. The van der Waals surface area contributed by atoms with Crippen LogP contribution in [-0.4, -0.2) is 40.0 Å². The number of amides is 1. The van der Waals surface area contributed by atoms with Crippen LogP contribution in [0.5, 0.6) is 17.2 Å². The van der Waals surface area contributed by atoms with E-state index in [1.165, 1.54) is 5.56 Å². The van der Waals surface area contributed by atoms with Gasteiger partial charge in [-0.25, -0.2) is 4.98 Å². The molecule has 1 amide bonds. The molecule has 0 aliphatic carbocycles. The number of carbonyl (C=O) groups excluding carboxylic acids is 1. The molecule has 0 spiro atoms. The highest BCUT2D eigenvalue weighted by Gasteiger charge is 2.31. The van der Waals surface area contributed by atoms with E-state index in [9.17, 15) is 4.79 Å². The Kier molecular flexibility index (Phi) is 5.52. The number of imidazole rings is 1. The maximum Gasteiger partial charge on any atom is 0.254 e. The van der Waals surface area contributed by atoms with Crippen molar-refractivity contribution in [2.24, 2.45) is 0 Å². The van der Waals surface area contributed by atoms with E-state index in [0.717, 1.165) is 47.8 Å². The summed E-state index contributed by atoms with van der Waals surface area (Å²) in [5.74, 6) is 2.18. The number of hydrogen-bond donors (Lipinski definition) is 0. The zero-order valence-corrected chi connectivity index (χ0v) is 19.6. The van der Waals surface area contributed by atoms with Gasteiger partial charge in [0.25, 0.3) is 5.91 Å². The number of nitrogens with zero attached hydrogens (tertiary/aromatic N) is 3. The van der Waals surface area contributed by atoms with Crippen LogP contribution in [0.1, 0.15) is 46.1 Å². The highest BCUT2D eigenvalue weighted by molar-refractivity contribution is 5.95. The number of benzene rings is 2. The Labute approximate surface area is 203 Å². The lowest BCUT2D eigenvalue weighted by Crippen LogP contribution is -2.30. The molecule has 7 nitrogen and oxygen atoms in total. The molecule has 1 atom stereocenters. The normalized spacial score (nSPS) is 17.1. The number of aromatic nitrogens is 2. The molecule has 1 unspecified atom stereocenters. The van der Waals surface area contributed by atoms with Gasteiger partial charge in [-0.05, 0) is 67.3 Å². The van der Waals surface area contributed by atoms with Gasteiger partial charge in [-0.1, -0.05) is 18.2 Å². The molecule has 6 rings (SSSR count). The molecule has 4 heterocycles. The number of ether oxygens (including phenoxy) is 3. The van der Waals surface area contributed by atoms with Crippen molar-refractivity contribution in [2.75, 3.05) is 19.8 Å². The summed E-state index contributed by atoms with van der Waals surface area (Å²) < 4.78 is 19.4. The standard InChI is InChI=1S/C28H27N3O4/c1-19-7-10-27-29-22(17-30(27)16-19)18-35-23-5-2-4-21(14-23)28(32)31-11-3-6-24(31)20-8-9-25-26(15-20)34-13-12-33-25/h2,4-5,7-10,14-17,24H,3,6,11-13,18H2,1H3. The van der Waals surface area contributed by atoms with Gasteiger partial charge < -0.3 is 23.5 Å². The molecule has 0 N–H and O–H groups in total. The Morgan fingerprint density at radius 2 is 1.94 bits per heavy atom. The first-order chi connectivity index (χ1) is 17.1. The maximum atomic E-state index is 13.5. The minimum absolute atomic E-state index is 0.0102. The minimum Gasteiger partial charge on any atom is -0.487 e. The Morgan fingerprint density at radius 3 is 2.86 bits per heavy atom. The van der Waals surface area contributed by atoms with Crippen LogP contribution >= 0.6 is 0 Å². The fraction of sp³-hybridized carbons (Fsp3) is 0.286. The van der Waals surface area contributed by atoms with E-state index in [4.69, 9.17) is 14.2 Å². The van der Waals surface area contributed by atoms with Crippen LogP contribution in [0.3, 0.4) is 0 Å². The first-order valence-corrected chi connectivity index (χ1v) is 12.0. The molecule has 178 valence electrons. The molecule has 0 saturated carbocycles. The Bertz CT molecular complexity index is 1400. The quantitative estimate of drug-likeness (QED) is 0.413. The van der Waals surface area contributed by atoms with Gasteiger partial charge in [0.2, 0.25) is 0 Å². The second-order valence-electron chi connectivity index (χ2n) is 9.08. The zero-order chi connectivity index (χ0) is 23.8. The highest BCUT2D eigenvalue weighted by atomic mass is 16.6. The third-order valence-electron chi connectivity index (χ3n) is 6.58. The van der Waals surface area contributed by atoms with E-state index in [-0.39, 0.29) is 11.9 Å². The van der Waals surface area contributed by atoms with Gasteiger partial charge in [0.15, 0.2) is 11.5 Å². The SMILES string of the molecule is Cc1ccc2nc(COc3cccc(C(=O)N4CCCC4c4ccc5c(c4)OCCO5)c3)cn2c1. The minimum atomic E-state index is 0.0102. The van der Waals surface area contributed by atoms with Crippen LogP contribution in [0.4, 0.5) is 0 Å². The summed E-state index contributed by atoms with van der Waals surface area (Å²) >= 11 is 0. The van der Waals surface area contributed by atoms with E-state index in [2.05, 4.69) is 11.9 Å². The Balaban J connectivity index is 1.17. The molecule has 2 aromatic carbocycles. The monoisotopic (exact) mass is 469 g/mol. The van der Waals surface area contributed by atoms with Crippen LogP contribution in [0, 0.1) is 6.92 Å². The van der Waals surface area contributed by atoms with Gasteiger partial charge in [-0.15, -0.1) is 0 Å². The molecule has 4 aromatic rings. The second kappa shape index (κ2) is 8.98. The predicted molar refractivity (Wildman–Crippen MR) is 131 cm³/mol. The molecule has 35 heavy (non-hydrogen) atoms. The lowest BCUT2D eigenvalue weighted by atomic mass is 10.0. The van der Waals surface area contributed by atoms with E-state index < -0.39 is 0 Å². The third-order valence-corrected chi connectivity index (χ3v) is 6.58. The number of rotatable bonds is 5. The van der Waals surface area contributed by atoms with Gasteiger partial charge in [-0.3, -0.25) is 4.79 Å². The highest BCUT2D eigenvalue weighted by Crippen LogP contribution is 2.38. The van der Waals surface area contributed by atoms with Crippen LogP contribution in [0.15, 0.2) is 67.0 Å². The smallest absolute Gasteiger partial charge is 0.254 e. The molecule has 2 aliphatic rings. The van der Waals surface area contributed by atoms with Crippen molar-refractivity contribution in [3.05, 3.63) is 89.4 Å². The van der Waals surface area contributed by atoms with Gasteiger partial charge in [0.1, 0.15) is 31.2 Å². The summed E-state index contributed by atoms with van der Waals surface area (Å²) in [6.07, 6.45) is 5.90. The fourth-order valence-electron chi connectivity index (χ4n) is 4.89. The van der Waals surface area contributed by atoms with Gasteiger partial charge in [0, 0.05) is 24.5 Å². The molecule has 0 bridgehead atoms. The molecular formula is C28H27N3O4. The summed E-state index contributed by atoms with van der Waals surface area (Å²) in [6, 6.07) is 17.5. The first-order valence-electron chi connectivity index (χ1n) is 12.0. The van der Waals surface area contributed by atoms with Crippen LogP contribution in [0.25, 0.3) is 5.65 Å². The first kappa shape index (κ1) is 21.5. The lowest BCUT2D eigenvalue weighted by Gasteiger charge is -2.27. The number of likely N-dealkylation sites (tertiary alicyclic amines) is 1. The van der Waals surface area contributed by atoms with E-state index >= 15 is 0 Å². The number of fused-ring (bicyclic) bond motifs is 2. The molecule has 1 saturated heterocycles. The Morgan fingerprint density at radius 1 is 1.06 bits per heavy atom. The molecule has 2 aromatic heterocycles. The largest absolute Gasteiger partial charge is 0.487 e. The van der Waals surface area contributed by atoms with Crippen LogP contribution < -0.4 is 14.2 Å². The molecular weight excluding hydrogens is 442 g/mol. The van der Waals surface area contributed by atoms with Crippen molar-refractivity contribution in [3.63, 3.8) is 0 Å². The summed E-state index contributed by atoms with van der Waals surface area (Å²) in [5, 5.41) is 0. The van der Waals surface area contributed by atoms with Crippen molar-refractivity contribution >= 4 is 11.6 Å². The van der Waals surface area contributed by atoms with Crippen molar-refractivity contribution < 1.29 is 19.0 Å². The Hall–Kier alpha value is -4.00. The van der Waals surface area contributed by atoms with Crippen LogP contribution in [-0.2, 0) is 6.61 Å². The summed E-state index contributed by atoms with van der Waals surface area (Å²) in [5.41, 5.74) is 4.60. The topological polar surface area (TPSA) is 65.3 Å². The van der Waals surface area contributed by atoms with Gasteiger partial charge >= 0.3 is 0 Å². The molecule has 0 radical (unpaired) electrons. The summed E-state index contributed by atoms with van der Waals surface area (Å²) in [4.78, 5) is 20.1. The second-order valence-corrected chi connectivity index (χ2v) is 9.08. The molecule has 2 aliphatic heterocycles. The lowest BCUT2D eigenvalue weighted by molar-refractivity contribution is 0.0734. The molecule has 7 heteroatoms. The third kappa shape index (κ3) is 4.30. The van der Waals surface area contributed by atoms with Crippen molar-refractivity contribution in [3.8, 4) is 17.2 Å². The number of carbonyl (C=O) groups is 1. The van der Waals surface area contributed by atoms with Gasteiger partial charge in [0.05, 0.1) is 11.7 Å². The van der Waals surface area contributed by atoms with Crippen molar-refractivity contribution in [1.82, 2.24) is 14.3 Å². The predicted octanol–water partition coefficient (Wildman–Crippen LogP) is 4.97. The zero-order valence-electron chi connectivity index (χ0n) is 19.6. The average Bonchev–Trinajstić information content (AvgIpc) is 3.54. The summed E-state index contributed by atoms with van der Waals surface area (Å²) in [6.45, 7) is 4.23. The van der Waals surface area contributed by atoms with E-state index in [1.54, 1.807) is 0 Å². The van der Waals surface area contributed by atoms with E-state index in [1.807, 2.05) is 76.3 Å².